The first-order chi connectivity index (χ1) is 24.9. The number of aromatic nitrogens is 8. The summed E-state index contributed by atoms with van der Waals surface area (Å²) < 4.78 is 12.5. The molecular formula is C35H39N11O6. The molecule has 0 saturated carbocycles. The van der Waals surface area contributed by atoms with E-state index in [1.165, 1.54) is 19.2 Å². The second-order valence-corrected chi connectivity index (χ2v) is 12.2. The average molecular weight is 710 g/mol. The lowest BCUT2D eigenvalue weighted by Crippen LogP contribution is -2.20. The van der Waals surface area contributed by atoms with Crippen molar-refractivity contribution in [3.63, 3.8) is 0 Å². The number of amides is 3. The first-order valence-corrected chi connectivity index (χ1v) is 16.8. The highest BCUT2D eigenvalue weighted by Crippen LogP contribution is 2.32. The number of anilines is 2. The van der Waals surface area contributed by atoms with Crippen LogP contribution in [0.1, 0.15) is 79.8 Å². The molecule has 17 nitrogen and oxygen atoms in total. The molecule has 270 valence electrons. The summed E-state index contributed by atoms with van der Waals surface area (Å²) in [5.41, 5.74) is 9.97. The van der Waals surface area contributed by atoms with Crippen LogP contribution < -0.4 is 21.1 Å². The zero-order valence-corrected chi connectivity index (χ0v) is 29.4. The van der Waals surface area contributed by atoms with Gasteiger partial charge >= 0.3 is 5.97 Å². The summed E-state index contributed by atoms with van der Waals surface area (Å²) in [5, 5.41) is 24.3. The van der Waals surface area contributed by atoms with Crippen LogP contribution in [0.5, 0.6) is 5.75 Å². The minimum Gasteiger partial charge on any atom is -0.494 e. The summed E-state index contributed by atoms with van der Waals surface area (Å²) in [5.74, 6) is -1.76. The molecule has 0 fully saturated rings. The number of fused-ring (bicyclic) bond motifs is 2. The van der Waals surface area contributed by atoms with Crippen LogP contribution in [-0.4, -0.2) is 74.6 Å². The standard InChI is InChI=1S/C35H39N11O6/c1-6-45-26(14-19(3)41-45)31(48)39-34-37-23-16-21(30(36)47)10-11-25(23)43(34)12-8-9-13-44-29-24(17-22(33(50)51)18-28(29)52-5)38-35(44)40-32(49)27-15-20(4)42-46(27)7-2/h10-11,14-18H,6-9,12-13H2,1-5H3,(H2,36,47)(H,50,51)(H,37,39,48)(H,38,40,49). The minimum atomic E-state index is -1.14. The van der Waals surface area contributed by atoms with Crippen LogP contribution in [-0.2, 0) is 26.2 Å². The van der Waals surface area contributed by atoms with Gasteiger partial charge in [-0.3, -0.25) is 34.4 Å². The van der Waals surface area contributed by atoms with Gasteiger partial charge in [0.05, 0.1) is 40.6 Å². The fraction of sp³-hybridized carbons (Fsp3) is 0.314. The number of benzene rings is 2. The number of imidazole rings is 2. The van der Waals surface area contributed by atoms with Crippen LogP contribution in [0.4, 0.5) is 11.9 Å². The van der Waals surface area contributed by atoms with Gasteiger partial charge in [-0.05, 0) is 83.0 Å². The molecule has 6 rings (SSSR count). The fourth-order valence-electron chi connectivity index (χ4n) is 6.24. The zero-order valence-electron chi connectivity index (χ0n) is 29.4. The summed E-state index contributed by atoms with van der Waals surface area (Å²) in [6.45, 7) is 9.15. The molecule has 6 aromatic rings. The number of carboxylic acid groups (broad SMARTS) is 1. The van der Waals surface area contributed by atoms with Crippen molar-refractivity contribution in [1.82, 2.24) is 38.7 Å². The molecule has 0 atom stereocenters. The fourth-order valence-corrected chi connectivity index (χ4v) is 6.24. The summed E-state index contributed by atoms with van der Waals surface area (Å²) in [4.78, 5) is 60.0. The Hall–Kier alpha value is -6.52. The number of carbonyl (C=O) groups is 4. The van der Waals surface area contributed by atoms with Crippen LogP contribution in [0.25, 0.3) is 22.1 Å². The number of carbonyl (C=O) groups excluding carboxylic acids is 3. The Morgan fingerprint density at radius 2 is 1.31 bits per heavy atom. The van der Waals surface area contributed by atoms with Crippen LogP contribution in [0.3, 0.4) is 0 Å². The maximum atomic E-state index is 13.5. The van der Waals surface area contributed by atoms with E-state index in [2.05, 4.69) is 30.8 Å². The van der Waals surface area contributed by atoms with Crippen molar-refractivity contribution in [2.75, 3.05) is 17.7 Å². The van der Waals surface area contributed by atoms with Gasteiger partial charge in [-0.1, -0.05) is 0 Å². The van der Waals surface area contributed by atoms with Gasteiger partial charge in [-0.15, -0.1) is 0 Å². The van der Waals surface area contributed by atoms with E-state index in [1.807, 2.05) is 25.3 Å². The largest absolute Gasteiger partial charge is 0.494 e. The van der Waals surface area contributed by atoms with Gasteiger partial charge < -0.3 is 24.7 Å². The molecule has 5 N–H and O–H groups in total. The molecule has 3 amide bonds. The Labute approximate surface area is 297 Å². The lowest BCUT2D eigenvalue weighted by molar-refractivity contribution is 0.0696. The van der Waals surface area contributed by atoms with E-state index in [0.29, 0.717) is 83.9 Å². The molecule has 17 heteroatoms. The molecule has 0 aliphatic carbocycles. The van der Waals surface area contributed by atoms with Gasteiger partial charge in [0.1, 0.15) is 22.7 Å². The summed E-state index contributed by atoms with van der Waals surface area (Å²) in [6, 6.07) is 11.2. The van der Waals surface area contributed by atoms with Gasteiger partial charge in [-0.2, -0.15) is 10.2 Å². The van der Waals surface area contributed by atoms with Crippen molar-refractivity contribution in [1.29, 1.82) is 0 Å². The van der Waals surface area contributed by atoms with Crippen LogP contribution in [0.15, 0.2) is 42.5 Å². The van der Waals surface area contributed by atoms with Crippen LogP contribution in [0, 0.1) is 13.8 Å². The van der Waals surface area contributed by atoms with Crippen molar-refractivity contribution in [3.8, 4) is 5.75 Å². The van der Waals surface area contributed by atoms with Gasteiger partial charge in [0.15, 0.2) is 0 Å². The second-order valence-electron chi connectivity index (χ2n) is 12.2. The molecule has 4 aromatic heterocycles. The topological polar surface area (TPSA) is 219 Å². The SMILES string of the molecule is CCn1nc(C)cc1C(=O)Nc1nc2cc(C(N)=O)ccc2n1CCCCn1c(NC(=O)c2cc(C)nn2CC)nc2cc(C(=O)O)cc(OC)c21. The minimum absolute atomic E-state index is 0.00948. The smallest absolute Gasteiger partial charge is 0.335 e. The van der Waals surface area contributed by atoms with Crippen molar-refractivity contribution >= 4 is 57.7 Å². The number of unbranched alkanes of at least 4 members (excludes halogenated alkanes) is 1. The first kappa shape index (κ1) is 35.3. The molecule has 0 unspecified atom stereocenters. The normalized spacial score (nSPS) is 11.3. The molecule has 0 radical (unpaired) electrons. The van der Waals surface area contributed by atoms with Crippen molar-refractivity contribution < 1.29 is 29.0 Å². The number of methoxy groups -OCH3 is 1. The van der Waals surface area contributed by atoms with E-state index in [4.69, 9.17) is 10.5 Å². The molecule has 52 heavy (non-hydrogen) atoms. The van der Waals surface area contributed by atoms with E-state index < -0.39 is 17.8 Å². The zero-order chi connectivity index (χ0) is 37.3. The molecule has 0 aliphatic rings. The number of rotatable bonds is 14. The summed E-state index contributed by atoms with van der Waals surface area (Å²) in [7, 11) is 1.44. The van der Waals surface area contributed by atoms with Crippen LogP contribution >= 0.6 is 0 Å². The summed E-state index contributed by atoms with van der Waals surface area (Å²) in [6.07, 6.45) is 1.13. The third kappa shape index (κ3) is 6.79. The Balaban J connectivity index is 1.31. The Kier molecular flexibility index (Phi) is 9.76. The Morgan fingerprint density at radius 3 is 1.85 bits per heavy atom. The number of aryl methyl sites for hydroxylation is 6. The van der Waals surface area contributed by atoms with E-state index in [9.17, 15) is 24.3 Å². The number of hydrogen-bond acceptors (Lipinski definition) is 9. The maximum absolute atomic E-state index is 13.5. The van der Waals surface area contributed by atoms with Crippen molar-refractivity contribution in [2.45, 2.75) is 66.7 Å². The van der Waals surface area contributed by atoms with E-state index in [1.54, 1.807) is 51.2 Å². The van der Waals surface area contributed by atoms with E-state index in [-0.39, 0.29) is 34.7 Å². The van der Waals surface area contributed by atoms with Crippen LogP contribution in [0.2, 0.25) is 0 Å². The highest BCUT2D eigenvalue weighted by Gasteiger charge is 2.23. The monoisotopic (exact) mass is 709 g/mol. The van der Waals surface area contributed by atoms with Crippen molar-refractivity contribution in [3.05, 3.63) is 76.4 Å². The summed E-state index contributed by atoms with van der Waals surface area (Å²) >= 11 is 0. The predicted molar refractivity (Wildman–Crippen MR) is 192 cm³/mol. The van der Waals surface area contributed by atoms with Crippen molar-refractivity contribution in [2.24, 2.45) is 5.73 Å². The Morgan fingerprint density at radius 1 is 0.769 bits per heavy atom. The number of carboxylic acids is 1. The van der Waals surface area contributed by atoms with E-state index >= 15 is 0 Å². The molecule has 0 saturated heterocycles. The number of nitrogens with one attached hydrogen (secondary N) is 2. The Bertz CT molecular complexity index is 2360. The first-order valence-electron chi connectivity index (χ1n) is 16.8. The molecule has 0 bridgehead atoms. The highest BCUT2D eigenvalue weighted by atomic mass is 16.5. The van der Waals surface area contributed by atoms with Gasteiger partial charge in [0.25, 0.3) is 11.8 Å². The molecule has 4 heterocycles. The van der Waals surface area contributed by atoms with Gasteiger partial charge in [0, 0.05) is 31.7 Å². The number of ether oxygens (including phenoxy) is 1. The lowest BCUT2D eigenvalue weighted by Gasteiger charge is -2.14. The number of aromatic carboxylic acids is 1. The average Bonchev–Trinajstić information content (AvgIpc) is 3.88. The predicted octanol–water partition coefficient (Wildman–Crippen LogP) is 4.23. The number of primary amides is 1. The van der Waals surface area contributed by atoms with Gasteiger partial charge in [0.2, 0.25) is 17.8 Å². The number of hydrogen-bond donors (Lipinski definition) is 4. The number of nitrogens with two attached hydrogens (primary N) is 1. The quantitative estimate of drug-likeness (QED) is 0.118. The highest BCUT2D eigenvalue weighted by molar-refractivity contribution is 6.04. The molecule has 0 aliphatic heterocycles. The molecule has 2 aromatic carbocycles. The molecule has 0 spiro atoms. The lowest BCUT2D eigenvalue weighted by atomic mass is 10.2. The van der Waals surface area contributed by atoms with E-state index in [0.717, 1.165) is 0 Å². The molecular weight excluding hydrogens is 670 g/mol. The van der Waals surface area contributed by atoms with Gasteiger partial charge in [-0.25, -0.2) is 14.8 Å². The maximum Gasteiger partial charge on any atom is 0.335 e. The third-order valence-corrected chi connectivity index (χ3v) is 8.64. The third-order valence-electron chi connectivity index (χ3n) is 8.64. The number of nitrogens with zero attached hydrogens (tertiary/aromatic N) is 8. The second kappa shape index (κ2) is 14.4.